The van der Waals surface area contributed by atoms with Gasteiger partial charge in [-0.2, -0.15) is 0 Å². The van der Waals surface area contributed by atoms with Crippen molar-refractivity contribution in [3.05, 3.63) is 53.1 Å². The van der Waals surface area contributed by atoms with E-state index < -0.39 is 0 Å². The van der Waals surface area contributed by atoms with Crippen molar-refractivity contribution in [1.82, 2.24) is 0 Å². The lowest BCUT2D eigenvalue weighted by molar-refractivity contribution is 0.416. The second-order valence-electron chi connectivity index (χ2n) is 4.52. The normalized spacial score (nSPS) is 10.2. The first kappa shape index (κ1) is 14.5. The highest BCUT2D eigenvalue weighted by atomic mass is 35.5. The van der Waals surface area contributed by atoms with Gasteiger partial charge in [-0.15, -0.1) is 0 Å². The number of anilines is 2. The second kappa shape index (κ2) is 7.06. The van der Waals surface area contributed by atoms with Crippen LogP contribution < -0.4 is 15.4 Å². The standard InChI is InChI=1S/C16H19ClN2O/c1-12-7-8-13(11-14(12)17)18-9-10-19-15-5-3-4-6-16(15)20-2/h3-8,11,18-19H,9-10H2,1-2H3. The number of benzene rings is 2. The molecule has 0 atom stereocenters. The quantitative estimate of drug-likeness (QED) is 0.783. The van der Waals surface area contributed by atoms with Gasteiger partial charge < -0.3 is 15.4 Å². The molecule has 0 fully saturated rings. The molecule has 20 heavy (non-hydrogen) atoms. The topological polar surface area (TPSA) is 33.3 Å². The Hall–Kier alpha value is -1.87. The van der Waals surface area contributed by atoms with Crippen LogP contribution in [0.3, 0.4) is 0 Å². The molecule has 0 spiro atoms. The number of para-hydroxylation sites is 2. The van der Waals surface area contributed by atoms with Crippen LogP contribution in [0.25, 0.3) is 0 Å². The molecular weight excluding hydrogens is 272 g/mol. The van der Waals surface area contributed by atoms with Gasteiger partial charge in [0.2, 0.25) is 0 Å². The molecule has 0 aromatic heterocycles. The van der Waals surface area contributed by atoms with Gasteiger partial charge in [-0.3, -0.25) is 0 Å². The number of ether oxygens (including phenoxy) is 1. The number of nitrogens with one attached hydrogen (secondary N) is 2. The molecule has 2 aromatic carbocycles. The Morgan fingerprint density at radius 3 is 2.55 bits per heavy atom. The molecule has 2 rings (SSSR count). The summed E-state index contributed by atoms with van der Waals surface area (Å²) in [6, 6.07) is 13.9. The van der Waals surface area contributed by atoms with E-state index in [1.807, 2.05) is 49.4 Å². The Kier molecular flexibility index (Phi) is 5.13. The molecule has 0 heterocycles. The average Bonchev–Trinajstić information content (AvgIpc) is 2.47. The Morgan fingerprint density at radius 1 is 1.05 bits per heavy atom. The molecule has 3 nitrogen and oxygen atoms in total. The van der Waals surface area contributed by atoms with Crippen molar-refractivity contribution in [2.45, 2.75) is 6.92 Å². The van der Waals surface area contributed by atoms with Crippen LogP contribution in [0.15, 0.2) is 42.5 Å². The largest absolute Gasteiger partial charge is 0.495 e. The molecule has 0 unspecified atom stereocenters. The van der Waals surface area contributed by atoms with Crippen LogP contribution in [0.1, 0.15) is 5.56 Å². The summed E-state index contributed by atoms with van der Waals surface area (Å²) < 4.78 is 5.29. The summed E-state index contributed by atoms with van der Waals surface area (Å²) >= 11 is 6.09. The van der Waals surface area contributed by atoms with Crippen LogP contribution in [0.2, 0.25) is 5.02 Å². The first-order valence-electron chi connectivity index (χ1n) is 6.57. The highest BCUT2D eigenvalue weighted by Gasteiger charge is 2.00. The van der Waals surface area contributed by atoms with Crippen LogP contribution in [0, 0.1) is 6.92 Å². The number of hydrogen-bond acceptors (Lipinski definition) is 3. The SMILES string of the molecule is COc1ccccc1NCCNc1ccc(C)c(Cl)c1. The maximum absolute atomic E-state index is 6.09. The summed E-state index contributed by atoms with van der Waals surface area (Å²) in [5, 5.41) is 7.46. The first-order valence-corrected chi connectivity index (χ1v) is 6.95. The molecule has 0 aliphatic carbocycles. The second-order valence-corrected chi connectivity index (χ2v) is 4.93. The van der Waals surface area contributed by atoms with E-state index in [1.165, 1.54) is 0 Å². The van der Waals surface area contributed by atoms with Crippen LogP contribution in [0.5, 0.6) is 5.75 Å². The molecular formula is C16H19ClN2O. The van der Waals surface area contributed by atoms with Gasteiger partial charge in [0, 0.05) is 23.8 Å². The van der Waals surface area contributed by atoms with E-state index in [0.717, 1.165) is 40.8 Å². The van der Waals surface area contributed by atoms with Crippen LogP contribution in [-0.2, 0) is 0 Å². The van der Waals surface area contributed by atoms with Gasteiger partial charge >= 0.3 is 0 Å². The van der Waals surface area contributed by atoms with Crippen molar-refractivity contribution in [3.63, 3.8) is 0 Å². The van der Waals surface area contributed by atoms with E-state index in [0.29, 0.717) is 0 Å². The summed E-state index contributed by atoms with van der Waals surface area (Å²) in [5.74, 6) is 0.853. The summed E-state index contributed by atoms with van der Waals surface area (Å²) in [6.07, 6.45) is 0. The van der Waals surface area contributed by atoms with Crippen LogP contribution >= 0.6 is 11.6 Å². The molecule has 2 N–H and O–H groups in total. The van der Waals surface area contributed by atoms with Crippen molar-refractivity contribution in [2.24, 2.45) is 0 Å². The van der Waals surface area contributed by atoms with E-state index in [4.69, 9.17) is 16.3 Å². The fourth-order valence-electron chi connectivity index (χ4n) is 1.90. The molecule has 0 bridgehead atoms. The van der Waals surface area contributed by atoms with Gasteiger partial charge in [-0.05, 0) is 36.8 Å². The zero-order valence-electron chi connectivity index (χ0n) is 11.7. The molecule has 0 radical (unpaired) electrons. The minimum absolute atomic E-state index is 0.785. The molecule has 0 saturated heterocycles. The molecule has 0 saturated carbocycles. The Balaban J connectivity index is 1.83. The van der Waals surface area contributed by atoms with E-state index in [-0.39, 0.29) is 0 Å². The smallest absolute Gasteiger partial charge is 0.141 e. The van der Waals surface area contributed by atoms with Crippen LogP contribution in [-0.4, -0.2) is 20.2 Å². The third kappa shape index (κ3) is 3.81. The monoisotopic (exact) mass is 290 g/mol. The first-order chi connectivity index (χ1) is 9.70. The summed E-state index contributed by atoms with van der Waals surface area (Å²) in [6.45, 7) is 3.60. The maximum Gasteiger partial charge on any atom is 0.141 e. The van der Waals surface area contributed by atoms with Gasteiger partial charge in [-0.25, -0.2) is 0 Å². The predicted octanol–water partition coefficient (Wildman–Crippen LogP) is 4.18. The highest BCUT2D eigenvalue weighted by Crippen LogP contribution is 2.23. The summed E-state index contributed by atoms with van der Waals surface area (Å²) in [7, 11) is 1.67. The number of methoxy groups -OCH3 is 1. The Labute approximate surface area is 124 Å². The van der Waals surface area contributed by atoms with Crippen molar-refractivity contribution >= 4 is 23.0 Å². The Morgan fingerprint density at radius 2 is 1.80 bits per heavy atom. The van der Waals surface area contributed by atoms with E-state index in [1.54, 1.807) is 7.11 Å². The zero-order chi connectivity index (χ0) is 14.4. The van der Waals surface area contributed by atoms with E-state index in [9.17, 15) is 0 Å². The summed E-state index contributed by atoms with van der Waals surface area (Å²) in [4.78, 5) is 0. The van der Waals surface area contributed by atoms with Crippen molar-refractivity contribution in [2.75, 3.05) is 30.8 Å². The zero-order valence-corrected chi connectivity index (χ0v) is 12.5. The number of rotatable bonds is 6. The van der Waals surface area contributed by atoms with Crippen molar-refractivity contribution < 1.29 is 4.74 Å². The lowest BCUT2D eigenvalue weighted by Gasteiger charge is -2.12. The summed E-state index contributed by atoms with van der Waals surface area (Å²) in [5.41, 5.74) is 3.12. The molecule has 4 heteroatoms. The van der Waals surface area contributed by atoms with Crippen molar-refractivity contribution in [1.29, 1.82) is 0 Å². The minimum Gasteiger partial charge on any atom is -0.495 e. The molecule has 2 aromatic rings. The van der Waals surface area contributed by atoms with Gasteiger partial charge in [0.05, 0.1) is 12.8 Å². The van der Waals surface area contributed by atoms with E-state index in [2.05, 4.69) is 10.6 Å². The highest BCUT2D eigenvalue weighted by molar-refractivity contribution is 6.31. The van der Waals surface area contributed by atoms with Gasteiger partial charge in [0.25, 0.3) is 0 Å². The third-order valence-corrected chi connectivity index (χ3v) is 3.46. The number of halogens is 1. The molecule has 0 aliphatic rings. The predicted molar refractivity (Wildman–Crippen MR) is 86.2 cm³/mol. The molecule has 106 valence electrons. The number of aryl methyl sites for hydroxylation is 1. The fourth-order valence-corrected chi connectivity index (χ4v) is 2.08. The molecule has 0 amide bonds. The third-order valence-electron chi connectivity index (χ3n) is 3.05. The fraction of sp³-hybridized carbons (Fsp3) is 0.250. The average molecular weight is 291 g/mol. The Bertz CT molecular complexity index is 572. The van der Waals surface area contributed by atoms with E-state index >= 15 is 0 Å². The van der Waals surface area contributed by atoms with Gasteiger partial charge in [0.15, 0.2) is 0 Å². The lowest BCUT2D eigenvalue weighted by atomic mass is 10.2. The maximum atomic E-state index is 6.09. The van der Waals surface area contributed by atoms with Crippen molar-refractivity contribution in [3.8, 4) is 5.75 Å². The lowest BCUT2D eigenvalue weighted by Crippen LogP contribution is -2.14. The molecule has 0 aliphatic heterocycles. The van der Waals surface area contributed by atoms with Crippen LogP contribution in [0.4, 0.5) is 11.4 Å². The van der Waals surface area contributed by atoms with Gasteiger partial charge in [0.1, 0.15) is 5.75 Å². The van der Waals surface area contributed by atoms with Gasteiger partial charge in [-0.1, -0.05) is 29.8 Å². The number of hydrogen-bond donors (Lipinski definition) is 2. The minimum atomic E-state index is 0.785.